The number of carbonyl (C=O) groups is 3. The van der Waals surface area contributed by atoms with E-state index in [1.165, 1.54) is 28.2 Å². The number of fused-ring (bicyclic) bond motifs is 3. The third kappa shape index (κ3) is 5.72. The Morgan fingerprint density at radius 2 is 1.68 bits per heavy atom. The lowest BCUT2D eigenvalue weighted by atomic mass is 9.98. The second-order valence-corrected chi connectivity index (χ2v) is 7.37. The maximum Gasteiger partial charge on any atom is 0.407 e. The Morgan fingerprint density at radius 1 is 1.06 bits per heavy atom. The standard InChI is InChI=1S/C24H26N2O5/c1-26(15-7-13-23(28)29)22(27)12-6-14-25-24(30)31-16-21-19-10-4-2-8-17(19)18-9-3-5-11-20(18)21/h2-6,8-12,21H,7,13-16H2,1H3,(H,25,30)(H,28,29)/b12-6+. The summed E-state index contributed by atoms with van der Waals surface area (Å²) in [5.41, 5.74) is 4.63. The largest absolute Gasteiger partial charge is 0.481 e. The summed E-state index contributed by atoms with van der Waals surface area (Å²) in [5, 5.41) is 11.2. The van der Waals surface area contributed by atoms with Gasteiger partial charge in [0.05, 0.1) is 0 Å². The zero-order valence-electron chi connectivity index (χ0n) is 17.4. The number of likely N-dealkylation sites (N-methyl/N-ethyl adjacent to an activating group) is 1. The summed E-state index contributed by atoms with van der Waals surface area (Å²) in [6.07, 6.45) is 2.75. The van der Waals surface area contributed by atoms with E-state index in [1.807, 2.05) is 24.3 Å². The maximum absolute atomic E-state index is 12.1. The minimum atomic E-state index is -0.885. The Hall–Kier alpha value is -3.61. The molecule has 2 N–H and O–H groups in total. The van der Waals surface area contributed by atoms with Crippen LogP contribution in [0.1, 0.15) is 29.9 Å². The van der Waals surface area contributed by atoms with E-state index in [0.29, 0.717) is 13.0 Å². The molecule has 1 aliphatic rings. The molecule has 0 saturated heterocycles. The smallest absolute Gasteiger partial charge is 0.407 e. The SMILES string of the molecule is CN(CCCC(=O)O)C(=O)/C=C/CNC(=O)OCC1c2ccccc2-c2ccccc21. The molecule has 7 heteroatoms. The number of rotatable bonds is 9. The van der Waals surface area contributed by atoms with Gasteiger partial charge in [-0.3, -0.25) is 9.59 Å². The van der Waals surface area contributed by atoms with Crippen LogP contribution in [-0.4, -0.2) is 54.7 Å². The quantitative estimate of drug-likeness (QED) is 0.604. The molecule has 7 nitrogen and oxygen atoms in total. The van der Waals surface area contributed by atoms with E-state index in [-0.39, 0.29) is 31.4 Å². The molecule has 3 rings (SSSR count). The molecule has 0 saturated carbocycles. The van der Waals surface area contributed by atoms with Crippen molar-refractivity contribution in [2.45, 2.75) is 18.8 Å². The number of nitrogens with one attached hydrogen (secondary N) is 1. The van der Waals surface area contributed by atoms with Gasteiger partial charge in [-0.15, -0.1) is 0 Å². The first-order valence-electron chi connectivity index (χ1n) is 10.2. The first-order valence-corrected chi connectivity index (χ1v) is 10.2. The molecule has 0 bridgehead atoms. The van der Waals surface area contributed by atoms with Crippen LogP contribution in [0.2, 0.25) is 0 Å². The van der Waals surface area contributed by atoms with Gasteiger partial charge in [0.1, 0.15) is 6.61 Å². The van der Waals surface area contributed by atoms with Gasteiger partial charge in [-0.05, 0) is 28.7 Å². The lowest BCUT2D eigenvalue weighted by molar-refractivity contribution is -0.137. The number of carbonyl (C=O) groups excluding carboxylic acids is 2. The van der Waals surface area contributed by atoms with Crippen LogP contribution in [0.15, 0.2) is 60.7 Å². The number of hydrogen-bond acceptors (Lipinski definition) is 4. The second-order valence-electron chi connectivity index (χ2n) is 7.37. The van der Waals surface area contributed by atoms with Gasteiger partial charge in [0.15, 0.2) is 0 Å². The number of ether oxygens (including phenoxy) is 1. The topological polar surface area (TPSA) is 95.9 Å². The van der Waals surface area contributed by atoms with Gasteiger partial charge < -0.3 is 20.1 Å². The molecule has 0 fully saturated rings. The Balaban J connectivity index is 1.44. The number of carboxylic acid groups (broad SMARTS) is 1. The van der Waals surface area contributed by atoms with E-state index in [1.54, 1.807) is 7.05 Å². The maximum atomic E-state index is 12.1. The lowest BCUT2D eigenvalue weighted by Gasteiger charge is -2.14. The number of carboxylic acids is 1. The molecule has 0 atom stereocenters. The summed E-state index contributed by atoms with van der Waals surface area (Å²) >= 11 is 0. The van der Waals surface area contributed by atoms with E-state index >= 15 is 0 Å². The van der Waals surface area contributed by atoms with Gasteiger partial charge in [-0.2, -0.15) is 0 Å². The molecule has 0 aliphatic heterocycles. The molecule has 2 aromatic rings. The van der Waals surface area contributed by atoms with E-state index in [4.69, 9.17) is 9.84 Å². The fourth-order valence-corrected chi connectivity index (χ4v) is 3.66. The molecular weight excluding hydrogens is 396 g/mol. The van der Waals surface area contributed by atoms with Crippen LogP contribution in [0.5, 0.6) is 0 Å². The van der Waals surface area contributed by atoms with Crippen LogP contribution in [-0.2, 0) is 14.3 Å². The zero-order chi connectivity index (χ0) is 22.2. The lowest BCUT2D eigenvalue weighted by Crippen LogP contribution is -2.28. The van der Waals surface area contributed by atoms with Crippen LogP contribution in [0, 0.1) is 0 Å². The average molecular weight is 422 g/mol. The van der Waals surface area contributed by atoms with Crippen molar-refractivity contribution >= 4 is 18.0 Å². The molecule has 31 heavy (non-hydrogen) atoms. The van der Waals surface area contributed by atoms with Crippen molar-refractivity contribution in [3.05, 3.63) is 71.8 Å². The second kappa shape index (κ2) is 10.4. The summed E-state index contributed by atoms with van der Waals surface area (Å²) < 4.78 is 5.43. The van der Waals surface area contributed by atoms with Crippen molar-refractivity contribution in [3.8, 4) is 11.1 Å². The summed E-state index contributed by atoms with van der Waals surface area (Å²) in [6, 6.07) is 16.2. The third-order valence-electron chi connectivity index (χ3n) is 5.23. The van der Waals surface area contributed by atoms with Crippen LogP contribution in [0.4, 0.5) is 4.79 Å². The van der Waals surface area contributed by atoms with Crippen LogP contribution in [0.3, 0.4) is 0 Å². The van der Waals surface area contributed by atoms with Gasteiger partial charge in [0, 0.05) is 38.6 Å². The number of alkyl carbamates (subject to hydrolysis) is 1. The molecular formula is C24H26N2O5. The Kier molecular flexibility index (Phi) is 7.43. The van der Waals surface area contributed by atoms with Crippen LogP contribution in [0.25, 0.3) is 11.1 Å². The molecule has 1 aliphatic carbocycles. The van der Waals surface area contributed by atoms with Crippen LogP contribution >= 0.6 is 0 Å². The van der Waals surface area contributed by atoms with Crippen molar-refractivity contribution in [1.82, 2.24) is 10.2 Å². The first kappa shape index (κ1) is 22.1. The highest BCUT2D eigenvalue weighted by atomic mass is 16.5. The average Bonchev–Trinajstić information content (AvgIpc) is 3.08. The van der Waals surface area contributed by atoms with Gasteiger partial charge in [-0.25, -0.2) is 4.79 Å². The minimum absolute atomic E-state index is 0.00489. The Bertz CT molecular complexity index is 940. The highest BCUT2D eigenvalue weighted by Gasteiger charge is 2.28. The molecule has 0 aromatic heterocycles. The first-order chi connectivity index (χ1) is 15.0. The minimum Gasteiger partial charge on any atom is -0.481 e. The van der Waals surface area contributed by atoms with Crippen molar-refractivity contribution in [1.29, 1.82) is 0 Å². The monoisotopic (exact) mass is 422 g/mol. The fourth-order valence-electron chi connectivity index (χ4n) is 3.66. The van der Waals surface area contributed by atoms with Gasteiger partial charge >= 0.3 is 12.1 Å². The van der Waals surface area contributed by atoms with Gasteiger partial charge in [0.2, 0.25) is 5.91 Å². The Morgan fingerprint density at radius 3 is 2.29 bits per heavy atom. The van der Waals surface area contributed by atoms with E-state index in [9.17, 15) is 14.4 Å². The summed E-state index contributed by atoms with van der Waals surface area (Å²) in [5.74, 6) is -1.14. The number of benzene rings is 2. The van der Waals surface area contributed by atoms with E-state index < -0.39 is 12.1 Å². The van der Waals surface area contributed by atoms with Crippen molar-refractivity contribution in [2.24, 2.45) is 0 Å². The highest BCUT2D eigenvalue weighted by Crippen LogP contribution is 2.44. The molecule has 0 spiro atoms. The predicted octanol–water partition coefficient (Wildman–Crippen LogP) is 3.40. The summed E-state index contributed by atoms with van der Waals surface area (Å²) in [6.45, 7) is 0.746. The predicted molar refractivity (Wildman–Crippen MR) is 117 cm³/mol. The summed E-state index contributed by atoms with van der Waals surface area (Å²) in [4.78, 5) is 36.0. The van der Waals surface area contributed by atoms with Crippen molar-refractivity contribution < 1.29 is 24.2 Å². The summed E-state index contributed by atoms with van der Waals surface area (Å²) in [7, 11) is 1.60. The molecule has 0 unspecified atom stereocenters. The fraction of sp³-hybridized carbons (Fsp3) is 0.292. The van der Waals surface area contributed by atoms with Gasteiger partial charge in [-0.1, -0.05) is 54.6 Å². The van der Waals surface area contributed by atoms with Crippen molar-refractivity contribution in [2.75, 3.05) is 26.7 Å². The molecule has 0 heterocycles. The molecule has 2 amide bonds. The van der Waals surface area contributed by atoms with E-state index in [2.05, 4.69) is 29.6 Å². The third-order valence-corrected chi connectivity index (χ3v) is 5.23. The number of aliphatic carboxylic acids is 1. The normalized spacial score (nSPS) is 12.3. The Labute approximate surface area is 181 Å². The number of nitrogens with zero attached hydrogens (tertiary/aromatic N) is 1. The zero-order valence-corrected chi connectivity index (χ0v) is 17.4. The molecule has 0 radical (unpaired) electrons. The van der Waals surface area contributed by atoms with Gasteiger partial charge in [0.25, 0.3) is 0 Å². The number of amides is 2. The van der Waals surface area contributed by atoms with Crippen molar-refractivity contribution in [3.63, 3.8) is 0 Å². The van der Waals surface area contributed by atoms with E-state index in [0.717, 1.165) is 11.1 Å². The molecule has 162 valence electrons. The van der Waals surface area contributed by atoms with Crippen LogP contribution < -0.4 is 5.32 Å². The number of hydrogen-bond donors (Lipinski definition) is 2. The highest BCUT2D eigenvalue weighted by molar-refractivity contribution is 5.87. The molecule has 2 aromatic carbocycles.